The first-order valence-electron chi connectivity index (χ1n) is 8.84. The van der Waals surface area contributed by atoms with E-state index in [1.54, 1.807) is 23.1 Å². The van der Waals surface area contributed by atoms with E-state index in [9.17, 15) is 13.6 Å². The van der Waals surface area contributed by atoms with Crippen LogP contribution >= 0.6 is 0 Å². The molecule has 5 nitrogen and oxygen atoms in total. The van der Waals surface area contributed by atoms with Gasteiger partial charge in [-0.3, -0.25) is 4.79 Å². The average molecular weight is 375 g/mol. The molecule has 1 amide bonds. The molecule has 142 valence electrons. The van der Waals surface area contributed by atoms with Crippen LogP contribution in [0, 0.1) is 11.6 Å². The van der Waals surface area contributed by atoms with Crippen LogP contribution in [-0.2, 0) is 11.3 Å². The number of fused-ring (bicyclic) bond motifs is 1. The summed E-state index contributed by atoms with van der Waals surface area (Å²) in [5.41, 5.74) is 1.11. The van der Waals surface area contributed by atoms with Crippen molar-refractivity contribution in [3.63, 3.8) is 0 Å². The lowest BCUT2D eigenvalue weighted by Crippen LogP contribution is -2.43. The molecule has 1 saturated heterocycles. The van der Waals surface area contributed by atoms with E-state index >= 15 is 0 Å². The maximum atomic E-state index is 13.3. The topological polar surface area (TPSA) is 48.0 Å². The fourth-order valence-corrected chi connectivity index (χ4v) is 3.31. The summed E-state index contributed by atoms with van der Waals surface area (Å²) >= 11 is 0. The van der Waals surface area contributed by atoms with Gasteiger partial charge >= 0.3 is 0 Å². The molecular weight excluding hydrogens is 356 g/mol. The van der Waals surface area contributed by atoms with Gasteiger partial charge in [-0.2, -0.15) is 0 Å². The molecule has 2 aliphatic heterocycles. The Kier molecular flexibility index (Phi) is 4.94. The summed E-state index contributed by atoms with van der Waals surface area (Å²) in [6, 6.07) is 8.86. The second-order valence-electron chi connectivity index (χ2n) is 6.64. The van der Waals surface area contributed by atoms with E-state index in [4.69, 9.17) is 14.2 Å². The van der Waals surface area contributed by atoms with Crippen LogP contribution in [0.1, 0.15) is 28.8 Å². The number of carbonyl (C=O) groups is 1. The Morgan fingerprint density at radius 2 is 1.96 bits per heavy atom. The molecule has 0 spiro atoms. The normalized spacial score (nSPS) is 18.6. The summed E-state index contributed by atoms with van der Waals surface area (Å²) in [5, 5.41) is 0. The van der Waals surface area contributed by atoms with Gasteiger partial charge in [-0.1, -0.05) is 6.07 Å². The molecule has 0 radical (unpaired) electrons. The lowest BCUT2D eigenvalue weighted by molar-refractivity contribution is -0.00682. The van der Waals surface area contributed by atoms with Gasteiger partial charge in [0.1, 0.15) is 0 Å². The van der Waals surface area contributed by atoms with Gasteiger partial charge < -0.3 is 19.1 Å². The lowest BCUT2D eigenvalue weighted by Gasteiger charge is -2.32. The fraction of sp³-hybridized carbons (Fsp3) is 0.350. The first-order valence-corrected chi connectivity index (χ1v) is 8.84. The third kappa shape index (κ3) is 3.88. The van der Waals surface area contributed by atoms with E-state index in [1.807, 2.05) is 0 Å². The molecule has 0 aromatic heterocycles. The molecule has 0 bridgehead atoms. The number of likely N-dealkylation sites (tertiary alicyclic amines) is 1. The largest absolute Gasteiger partial charge is 0.454 e. The zero-order valence-corrected chi connectivity index (χ0v) is 14.6. The molecule has 7 heteroatoms. The number of halogens is 2. The standard InChI is InChI=1S/C20H19F2NO4/c21-16-5-3-13(8-17(16)22)11-25-15-2-1-7-23(10-15)20(24)14-4-6-18-19(9-14)27-12-26-18/h3-6,8-9,15H,1-2,7,10-12H2. The van der Waals surface area contributed by atoms with Crippen molar-refractivity contribution in [2.24, 2.45) is 0 Å². The molecule has 2 aromatic carbocycles. The summed E-state index contributed by atoms with van der Waals surface area (Å²) in [6.07, 6.45) is 1.48. The van der Waals surface area contributed by atoms with Gasteiger partial charge in [-0.15, -0.1) is 0 Å². The van der Waals surface area contributed by atoms with Gasteiger partial charge in [-0.25, -0.2) is 8.78 Å². The number of ether oxygens (including phenoxy) is 3. The first-order chi connectivity index (χ1) is 13.1. The van der Waals surface area contributed by atoms with Gasteiger partial charge in [0.15, 0.2) is 23.1 Å². The molecule has 0 aliphatic carbocycles. The van der Waals surface area contributed by atoms with Gasteiger partial charge in [0.25, 0.3) is 5.91 Å². The van der Waals surface area contributed by atoms with Crippen LogP contribution < -0.4 is 9.47 Å². The van der Waals surface area contributed by atoms with Crippen LogP contribution in [0.2, 0.25) is 0 Å². The number of piperidine rings is 1. The Hall–Kier alpha value is -2.67. The minimum absolute atomic E-state index is 0.0885. The van der Waals surface area contributed by atoms with Crippen molar-refractivity contribution in [3.8, 4) is 11.5 Å². The Bertz CT molecular complexity index is 858. The van der Waals surface area contributed by atoms with E-state index in [-0.39, 0.29) is 25.4 Å². The lowest BCUT2D eigenvalue weighted by atomic mass is 10.1. The third-order valence-corrected chi connectivity index (χ3v) is 4.75. The van der Waals surface area contributed by atoms with Crippen molar-refractivity contribution < 1.29 is 27.8 Å². The highest BCUT2D eigenvalue weighted by atomic mass is 19.2. The quantitative estimate of drug-likeness (QED) is 0.821. The number of hydrogen-bond donors (Lipinski definition) is 0. The smallest absolute Gasteiger partial charge is 0.254 e. The highest BCUT2D eigenvalue weighted by Crippen LogP contribution is 2.33. The molecule has 0 saturated carbocycles. The highest BCUT2D eigenvalue weighted by Gasteiger charge is 2.26. The molecule has 1 atom stereocenters. The van der Waals surface area contributed by atoms with E-state index in [0.717, 1.165) is 25.0 Å². The predicted molar refractivity (Wildman–Crippen MR) is 92.6 cm³/mol. The number of rotatable bonds is 4. The Balaban J connectivity index is 1.37. The summed E-state index contributed by atoms with van der Waals surface area (Å²) in [4.78, 5) is 14.5. The van der Waals surface area contributed by atoms with Crippen LogP contribution in [-0.4, -0.2) is 36.8 Å². The van der Waals surface area contributed by atoms with E-state index in [0.29, 0.717) is 35.7 Å². The molecule has 27 heavy (non-hydrogen) atoms. The van der Waals surface area contributed by atoms with Gasteiger partial charge in [-0.05, 0) is 48.7 Å². The number of hydrogen-bond acceptors (Lipinski definition) is 4. The van der Waals surface area contributed by atoms with Crippen molar-refractivity contribution in [1.29, 1.82) is 0 Å². The SMILES string of the molecule is O=C(c1ccc2c(c1)OCO2)N1CCCC(OCc2ccc(F)c(F)c2)C1. The van der Waals surface area contributed by atoms with E-state index in [1.165, 1.54) is 6.07 Å². The minimum atomic E-state index is -0.889. The van der Waals surface area contributed by atoms with Gasteiger partial charge in [0.2, 0.25) is 6.79 Å². The molecule has 2 aromatic rings. The Labute approximate surface area is 155 Å². The second kappa shape index (κ2) is 7.52. The maximum Gasteiger partial charge on any atom is 0.254 e. The van der Waals surface area contributed by atoms with Crippen LogP contribution in [0.3, 0.4) is 0 Å². The predicted octanol–water partition coefficient (Wildman–Crippen LogP) is 3.51. The summed E-state index contributed by atoms with van der Waals surface area (Å²) < 4.78 is 42.7. The summed E-state index contributed by atoms with van der Waals surface area (Å²) in [5.74, 6) is -0.646. The maximum absolute atomic E-state index is 13.3. The van der Waals surface area contributed by atoms with Crippen LogP contribution in [0.25, 0.3) is 0 Å². The van der Waals surface area contributed by atoms with Crippen LogP contribution in [0.15, 0.2) is 36.4 Å². The van der Waals surface area contributed by atoms with E-state index < -0.39 is 11.6 Å². The number of carbonyl (C=O) groups excluding carboxylic acids is 1. The van der Waals surface area contributed by atoms with Crippen molar-refractivity contribution >= 4 is 5.91 Å². The number of benzene rings is 2. The molecule has 0 N–H and O–H groups in total. The zero-order chi connectivity index (χ0) is 18.8. The molecule has 2 aliphatic rings. The first kappa shape index (κ1) is 17.7. The van der Waals surface area contributed by atoms with Crippen LogP contribution in [0.5, 0.6) is 11.5 Å². The van der Waals surface area contributed by atoms with Crippen molar-refractivity contribution in [2.45, 2.75) is 25.6 Å². The fourth-order valence-electron chi connectivity index (χ4n) is 3.31. The summed E-state index contributed by atoms with van der Waals surface area (Å²) in [7, 11) is 0. The van der Waals surface area contributed by atoms with Crippen LogP contribution in [0.4, 0.5) is 8.78 Å². The zero-order valence-electron chi connectivity index (χ0n) is 14.6. The average Bonchev–Trinajstić information content (AvgIpc) is 3.16. The molecule has 4 rings (SSSR count). The van der Waals surface area contributed by atoms with E-state index in [2.05, 4.69) is 0 Å². The number of amides is 1. The Morgan fingerprint density at radius 1 is 1.11 bits per heavy atom. The van der Waals surface area contributed by atoms with Crippen molar-refractivity contribution in [3.05, 3.63) is 59.2 Å². The molecule has 1 fully saturated rings. The monoisotopic (exact) mass is 375 g/mol. The van der Waals surface area contributed by atoms with Crippen molar-refractivity contribution in [2.75, 3.05) is 19.9 Å². The Morgan fingerprint density at radius 3 is 2.81 bits per heavy atom. The second-order valence-corrected chi connectivity index (χ2v) is 6.64. The molecule has 1 unspecified atom stereocenters. The number of nitrogens with zero attached hydrogens (tertiary/aromatic N) is 1. The van der Waals surface area contributed by atoms with Gasteiger partial charge in [0.05, 0.1) is 12.7 Å². The molecular formula is C20H19F2NO4. The molecule has 2 heterocycles. The van der Waals surface area contributed by atoms with Crippen molar-refractivity contribution in [1.82, 2.24) is 4.90 Å². The highest BCUT2D eigenvalue weighted by molar-refractivity contribution is 5.95. The summed E-state index contributed by atoms with van der Waals surface area (Å²) in [6.45, 7) is 1.44. The third-order valence-electron chi connectivity index (χ3n) is 4.75. The minimum Gasteiger partial charge on any atom is -0.454 e. The van der Waals surface area contributed by atoms with Gasteiger partial charge in [0, 0.05) is 18.7 Å².